The summed E-state index contributed by atoms with van der Waals surface area (Å²) in [5.74, 6) is 1.44. The monoisotopic (exact) mass is 293 g/mol. The molecule has 1 aromatic carbocycles. The molecule has 0 spiro atoms. The zero-order chi connectivity index (χ0) is 14.1. The van der Waals surface area contributed by atoms with Gasteiger partial charge >= 0.3 is 0 Å². The maximum Gasteiger partial charge on any atom is 0.152 e. The number of benzene rings is 1. The number of para-hydroxylation sites is 1. The fourth-order valence-electron chi connectivity index (χ4n) is 2.94. The molecule has 3 nitrogen and oxygen atoms in total. The van der Waals surface area contributed by atoms with E-state index in [4.69, 9.17) is 20.8 Å². The topological polar surface area (TPSA) is 34.4 Å². The van der Waals surface area contributed by atoms with Gasteiger partial charge in [0.25, 0.3) is 0 Å². The van der Waals surface area contributed by atoms with Crippen LogP contribution in [0.15, 0.2) is 28.7 Å². The Hall–Kier alpha value is -1.03. The molecule has 108 valence electrons. The predicted molar refractivity (Wildman–Crippen MR) is 81.2 cm³/mol. The molecule has 1 aliphatic rings. The second-order valence-electron chi connectivity index (χ2n) is 5.44. The van der Waals surface area contributed by atoms with Gasteiger partial charge in [0.2, 0.25) is 0 Å². The Morgan fingerprint density at radius 3 is 2.95 bits per heavy atom. The molecule has 0 radical (unpaired) electrons. The van der Waals surface area contributed by atoms with Crippen LogP contribution in [-0.2, 0) is 4.74 Å². The average molecular weight is 294 g/mol. The standard InChI is InChI=1S/C16H20ClNO2/c1-3-18-14(15-10(2)7-8-19-15)13-9-11-5-4-6-12(17)16(11)20-13/h4-6,9-10,14-15,18H,3,7-8H2,1-2H3. The van der Waals surface area contributed by atoms with E-state index in [0.717, 1.165) is 36.3 Å². The number of furan rings is 1. The van der Waals surface area contributed by atoms with Crippen molar-refractivity contribution >= 4 is 22.6 Å². The fourth-order valence-corrected chi connectivity index (χ4v) is 3.16. The van der Waals surface area contributed by atoms with Gasteiger partial charge in [0.05, 0.1) is 17.2 Å². The summed E-state index contributed by atoms with van der Waals surface area (Å²) in [7, 11) is 0. The van der Waals surface area contributed by atoms with Gasteiger partial charge in [0, 0.05) is 12.0 Å². The van der Waals surface area contributed by atoms with E-state index in [1.54, 1.807) is 0 Å². The number of hydrogen-bond acceptors (Lipinski definition) is 3. The summed E-state index contributed by atoms with van der Waals surface area (Å²) >= 11 is 6.20. The Morgan fingerprint density at radius 2 is 2.30 bits per heavy atom. The third-order valence-corrected chi connectivity index (χ3v) is 4.32. The summed E-state index contributed by atoms with van der Waals surface area (Å²) in [4.78, 5) is 0. The smallest absolute Gasteiger partial charge is 0.152 e. The maximum atomic E-state index is 6.20. The molecule has 1 aliphatic heterocycles. The lowest BCUT2D eigenvalue weighted by atomic mass is 9.96. The second kappa shape index (κ2) is 5.76. The largest absolute Gasteiger partial charge is 0.458 e. The molecule has 3 rings (SSSR count). The summed E-state index contributed by atoms with van der Waals surface area (Å²) in [6.07, 6.45) is 1.27. The highest BCUT2D eigenvalue weighted by atomic mass is 35.5. The van der Waals surface area contributed by atoms with E-state index in [1.165, 1.54) is 0 Å². The van der Waals surface area contributed by atoms with Crippen LogP contribution in [0.2, 0.25) is 5.02 Å². The van der Waals surface area contributed by atoms with Crippen molar-refractivity contribution in [2.75, 3.05) is 13.2 Å². The molecule has 1 fully saturated rings. The Bertz CT molecular complexity index is 595. The number of hydrogen-bond donors (Lipinski definition) is 1. The molecule has 1 aromatic heterocycles. The molecular weight excluding hydrogens is 274 g/mol. The molecule has 2 aromatic rings. The molecule has 3 unspecified atom stereocenters. The number of fused-ring (bicyclic) bond motifs is 1. The first-order valence-corrected chi connectivity index (χ1v) is 7.61. The van der Waals surface area contributed by atoms with Crippen LogP contribution in [0, 0.1) is 5.92 Å². The number of ether oxygens (including phenoxy) is 1. The highest BCUT2D eigenvalue weighted by Crippen LogP contribution is 2.35. The molecule has 3 atom stereocenters. The lowest BCUT2D eigenvalue weighted by Crippen LogP contribution is -2.34. The van der Waals surface area contributed by atoms with E-state index in [9.17, 15) is 0 Å². The van der Waals surface area contributed by atoms with Gasteiger partial charge in [-0.2, -0.15) is 0 Å². The fraction of sp³-hybridized carbons (Fsp3) is 0.500. The Morgan fingerprint density at radius 1 is 1.45 bits per heavy atom. The van der Waals surface area contributed by atoms with Gasteiger partial charge in [0.15, 0.2) is 5.58 Å². The summed E-state index contributed by atoms with van der Waals surface area (Å²) in [5, 5.41) is 5.19. The summed E-state index contributed by atoms with van der Waals surface area (Å²) < 4.78 is 11.9. The van der Waals surface area contributed by atoms with Gasteiger partial charge in [-0.3, -0.25) is 0 Å². The van der Waals surface area contributed by atoms with Crippen LogP contribution in [0.25, 0.3) is 11.0 Å². The lowest BCUT2D eigenvalue weighted by molar-refractivity contribution is 0.0549. The van der Waals surface area contributed by atoms with Gasteiger partial charge in [-0.1, -0.05) is 37.6 Å². The highest BCUT2D eigenvalue weighted by Gasteiger charge is 2.34. The van der Waals surface area contributed by atoms with Crippen molar-refractivity contribution in [2.45, 2.75) is 32.4 Å². The third-order valence-electron chi connectivity index (χ3n) is 4.02. The second-order valence-corrected chi connectivity index (χ2v) is 5.85. The van der Waals surface area contributed by atoms with Crippen LogP contribution in [-0.4, -0.2) is 19.3 Å². The van der Waals surface area contributed by atoms with Crippen molar-refractivity contribution in [3.63, 3.8) is 0 Å². The van der Waals surface area contributed by atoms with E-state index < -0.39 is 0 Å². The van der Waals surface area contributed by atoms with E-state index in [0.29, 0.717) is 10.9 Å². The molecule has 20 heavy (non-hydrogen) atoms. The Balaban J connectivity index is 1.98. The normalized spacial score (nSPS) is 24.4. The minimum Gasteiger partial charge on any atom is -0.458 e. The van der Waals surface area contributed by atoms with Crippen LogP contribution < -0.4 is 5.32 Å². The number of rotatable bonds is 4. The van der Waals surface area contributed by atoms with Gasteiger partial charge < -0.3 is 14.5 Å². The zero-order valence-corrected chi connectivity index (χ0v) is 12.6. The third kappa shape index (κ3) is 2.46. The van der Waals surface area contributed by atoms with E-state index in [2.05, 4.69) is 25.2 Å². The minimum absolute atomic E-state index is 0.0842. The Labute approximate surface area is 124 Å². The van der Waals surface area contributed by atoms with Crippen LogP contribution in [0.1, 0.15) is 32.1 Å². The summed E-state index contributed by atoms with van der Waals surface area (Å²) in [5.41, 5.74) is 0.762. The van der Waals surface area contributed by atoms with E-state index in [1.807, 2.05) is 18.2 Å². The quantitative estimate of drug-likeness (QED) is 0.919. The number of nitrogens with one attached hydrogen (secondary N) is 1. The summed E-state index contributed by atoms with van der Waals surface area (Å²) in [6.45, 7) is 6.04. The number of likely N-dealkylation sites (N-methyl/N-ethyl adjacent to an activating group) is 1. The molecule has 0 aliphatic carbocycles. The first-order chi connectivity index (χ1) is 9.70. The molecule has 1 saturated heterocycles. The molecule has 1 N–H and O–H groups in total. The van der Waals surface area contributed by atoms with Crippen molar-refractivity contribution in [1.29, 1.82) is 0 Å². The van der Waals surface area contributed by atoms with Crippen molar-refractivity contribution in [2.24, 2.45) is 5.92 Å². The van der Waals surface area contributed by atoms with Crippen LogP contribution >= 0.6 is 11.6 Å². The van der Waals surface area contributed by atoms with Crippen LogP contribution in [0.4, 0.5) is 0 Å². The summed E-state index contributed by atoms with van der Waals surface area (Å²) in [6, 6.07) is 7.98. The zero-order valence-electron chi connectivity index (χ0n) is 11.9. The van der Waals surface area contributed by atoms with Gasteiger partial charge in [-0.15, -0.1) is 0 Å². The minimum atomic E-state index is 0.0842. The van der Waals surface area contributed by atoms with Crippen LogP contribution in [0.5, 0.6) is 0 Å². The molecule has 0 amide bonds. The van der Waals surface area contributed by atoms with Gasteiger partial charge in [0.1, 0.15) is 5.76 Å². The molecular formula is C16H20ClNO2. The van der Waals surface area contributed by atoms with E-state index >= 15 is 0 Å². The van der Waals surface area contributed by atoms with Crippen LogP contribution in [0.3, 0.4) is 0 Å². The predicted octanol–water partition coefficient (Wildman–Crippen LogP) is 4.16. The van der Waals surface area contributed by atoms with Crippen molar-refractivity contribution in [3.05, 3.63) is 35.0 Å². The van der Waals surface area contributed by atoms with Crippen molar-refractivity contribution < 1.29 is 9.15 Å². The highest BCUT2D eigenvalue weighted by molar-refractivity contribution is 6.34. The van der Waals surface area contributed by atoms with Crippen molar-refractivity contribution in [1.82, 2.24) is 5.32 Å². The molecule has 4 heteroatoms. The van der Waals surface area contributed by atoms with Crippen molar-refractivity contribution in [3.8, 4) is 0 Å². The number of halogens is 1. The Kier molecular flexibility index (Phi) is 4.01. The molecule has 2 heterocycles. The first-order valence-electron chi connectivity index (χ1n) is 7.23. The van der Waals surface area contributed by atoms with E-state index in [-0.39, 0.29) is 12.1 Å². The SMILES string of the molecule is CCNC(c1cc2cccc(Cl)c2o1)C1OCCC1C. The van der Waals surface area contributed by atoms with Gasteiger partial charge in [-0.05, 0) is 31.0 Å². The first kappa shape index (κ1) is 13.9. The lowest BCUT2D eigenvalue weighted by Gasteiger charge is -2.25. The molecule has 0 saturated carbocycles. The maximum absolute atomic E-state index is 6.20. The average Bonchev–Trinajstić information content (AvgIpc) is 3.03. The van der Waals surface area contributed by atoms with Gasteiger partial charge in [-0.25, -0.2) is 0 Å². The molecule has 0 bridgehead atoms.